The van der Waals surface area contributed by atoms with E-state index in [9.17, 15) is 0 Å². The largest absolute Gasteiger partial charge is 0.494 e. The summed E-state index contributed by atoms with van der Waals surface area (Å²) in [5.74, 6) is 0. The highest BCUT2D eigenvalue weighted by molar-refractivity contribution is 4.60. The van der Waals surface area contributed by atoms with Crippen molar-refractivity contribution in [3.8, 4) is 0 Å². The monoisotopic (exact) mass is 216 g/mol. The third kappa shape index (κ3) is 9.76. The van der Waals surface area contributed by atoms with Gasteiger partial charge in [-0.05, 0) is 6.42 Å². The first-order chi connectivity index (χ1) is 7.35. The minimum atomic E-state index is -0.266. The number of ether oxygens (including phenoxy) is 2. The molecular formula is C12H24O3. The molecule has 0 fully saturated rings. The van der Waals surface area contributed by atoms with E-state index in [4.69, 9.17) is 14.6 Å². The first-order valence-corrected chi connectivity index (χ1v) is 5.80. The lowest BCUT2D eigenvalue weighted by molar-refractivity contribution is -0.00301. The summed E-state index contributed by atoms with van der Waals surface area (Å²) in [6.07, 6.45) is 7.24. The van der Waals surface area contributed by atoms with Gasteiger partial charge < -0.3 is 14.6 Å². The molecule has 0 aliphatic heterocycles. The molecule has 3 nitrogen and oxygen atoms in total. The van der Waals surface area contributed by atoms with Crippen LogP contribution >= 0.6 is 0 Å². The van der Waals surface area contributed by atoms with E-state index < -0.39 is 0 Å². The van der Waals surface area contributed by atoms with Crippen LogP contribution in [0.4, 0.5) is 0 Å². The van der Waals surface area contributed by atoms with E-state index >= 15 is 0 Å². The third-order valence-corrected chi connectivity index (χ3v) is 2.19. The fourth-order valence-electron chi connectivity index (χ4n) is 1.29. The smallest absolute Gasteiger partial charge is 0.144 e. The maximum atomic E-state index is 8.88. The van der Waals surface area contributed by atoms with Crippen LogP contribution in [0.15, 0.2) is 12.8 Å². The van der Waals surface area contributed by atoms with Gasteiger partial charge in [-0.2, -0.15) is 0 Å². The van der Waals surface area contributed by atoms with Crippen LogP contribution in [-0.4, -0.2) is 31.0 Å². The molecule has 0 rings (SSSR count). The van der Waals surface area contributed by atoms with Crippen molar-refractivity contribution in [1.29, 1.82) is 0 Å². The van der Waals surface area contributed by atoms with Crippen LogP contribution in [0.5, 0.6) is 0 Å². The van der Waals surface area contributed by atoms with Crippen LogP contribution in [0, 0.1) is 0 Å². The van der Waals surface area contributed by atoms with Crippen molar-refractivity contribution in [2.45, 2.75) is 45.1 Å². The summed E-state index contributed by atoms with van der Waals surface area (Å²) in [5.41, 5.74) is 0. The zero-order valence-corrected chi connectivity index (χ0v) is 9.78. The molecule has 3 heteroatoms. The Morgan fingerprint density at radius 3 is 2.60 bits per heavy atom. The summed E-state index contributed by atoms with van der Waals surface area (Å²) in [6.45, 7) is 6.81. The Morgan fingerprint density at radius 2 is 2.00 bits per heavy atom. The molecule has 0 aromatic heterocycles. The van der Waals surface area contributed by atoms with E-state index in [0.29, 0.717) is 6.61 Å². The van der Waals surface area contributed by atoms with E-state index in [1.807, 2.05) is 0 Å². The molecule has 0 aromatic carbocycles. The zero-order valence-electron chi connectivity index (χ0n) is 9.78. The van der Waals surface area contributed by atoms with E-state index in [0.717, 1.165) is 13.0 Å². The van der Waals surface area contributed by atoms with Crippen molar-refractivity contribution in [3.05, 3.63) is 12.8 Å². The number of hydrogen-bond acceptors (Lipinski definition) is 3. The first-order valence-electron chi connectivity index (χ1n) is 5.80. The lowest BCUT2D eigenvalue weighted by Crippen LogP contribution is -2.22. The topological polar surface area (TPSA) is 38.7 Å². The standard InChI is InChI=1S/C12H24O3/c1-3-5-6-7-8-9-14-11-12(10-13)15-4-2/h4,12-13H,2-3,5-11H2,1H3. The van der Waals surface area contributed by atoms with Gasteiger partial charge in [0.25, 0.3) is 0 Å². The minimum Gasteiger partial charge on any atom is -0.494 e. The van der Waals surface area contributed by atoms with Gasteiger partial charge in [-0.25, -0.2) is 0 Å². The maximum Gasteiger partial charge on any atom is 0.144 e. The summed E-state index contributed by atoms with van der Waals surface area (Å²) in [5, 5.41) is 8.88. The normalized spacial score (nSPS) is 12.4. The van der Waals surface area contributed by atoms with Crippen LogP contribution in [0.2, 0.25) is 0 Å². The Labute approximate surface area is 93.1 Å². The van der Waals surface area contributed by atoms with Crippen LogP contribution in [0.25, 0.3) is 0 Å². The highest BCUT2D eigenvalue weighted by Crippen LogP contribution is 2.02. The average molecular weight is 216 g/mol. The quantitative estimate of drug-likeness (QED) is 0.426. The Hall–Kier alpha value is -0.540. The van der Waals surface area contributed by atoms with E-state index in [-0.39, 0.29) is 12.7 Å². The fourth-order valence-corrected chi connectivity index (χ4v) is 1.29. The van der Waals surface area contributed by atoms with Gasteiger partial charge in [0.05, 0.1) is 19.5 Å². The zero-order chi connectivity index (χ0) is 11.4. The molecule has 1 unspecified atom stereocenters. The van der Waals surface area contributed by atoms with E-state index in [1.54, 1.807) is 0 Å². The molecule has 0 saturated carbocycles. The molecule has 0 bridgehead atoms. The van der Waals surface area contributed by atoms with Crippen LogP contribution in [0.3, 0.4) is 0 Å². The summed E-state index contributed by atoms with van der Waals surface area (Å²) < 4.78 is 10.4. The molecule has 0 amide bonds. The van der Waals surface area contributed by atoms with Crippen molar-refractivity contribution in [1.82, 2.24) is 0 Å². The Balaban J connectivity index is 3.17. The second-order valence-electron chi connectivity index (χ2n) is 3.60. The second-order valence-corrected chi connectivity index (χ2v) is 3.60. The molecule has 90 valence electrons. The van der Waals surface area contributed by atoms with Crippen LogP contribution < -0.4 is 0 Å². The number of aliphatic hydroxyl groups is 1. The van der Waals surface area contributed by atoms with Crippen LogP contribution in [-0.2, 0) is 9.47 Å². The van der Waals surface area contributed by atoms with Gasteiger partial charge in [-0.3, -0.25) is 0 Å². The summed E-state index contributed by atoms with van der Waals surface area (Å²) in [4.78, 5) is 0. The summed E-state index contributed by atoms with van der Waals surface area (Å²) >= 11 is 0. The summed E-state index contributed by atoms with van der Waals surface area (Å²) in [6, 6.07) is 0. The molecular weight excluding hydrogens is 192 g/mol. The SMILES string of the molecule is C=COC(CO)COCCCCCCC. The molecule has 0 spiro atoms. The molecule has 0 radical (unpaired) electrons. The van der Waals surface area contributed by atoms with Gasteiger partial charge in [0, 0.05) is 6.61 Å². The highest BCUT2D eigenvalue weighted by atomic mass is 16.5. The van der Waals surface area contributed by atoms with Crippen molar-refractivity contribution >= 4 is 0 Å². The number of rotatable bonds is 11. The molecule has 0 aromatic rings. The number of hydrogen-bond donors (Lipinski definition) is 1. The van der Waals surface area contributed by atoms with Crippen molar-refractivity contribution < 1.29 is 14.6 Å². The van der Waals surface area contributed by atoms with Gasteiger partial charge in [0.15, 0.2) is 0 Å². The number of aliphatic hydroxyl groups excluding tert-OH is 1. The third-order valence-electron chi connectivity index (χ3n) is 2.19. The minimum absolute atomic E-state index is 0.0259. The second kappa shape index (κ2) is 11.5. The molecule has 0 heterocycles. The van der Waals surface area contributed by atoms with Gasteiger partial charge in [0.2, 0.25) is 0 Å². The maximum absolute atomic E-state index is 8.88. The lowest BCUT2D eigenvalue weighted by Gasteiger charge is -2.13. The fraction of sp³-hybridized carbons (Fsp3) is 0.833. The molecule has 0 aliphatic carbocycles. The van der Waals surface area contributed by atoms with Crippen molar-refractivity contribution in [3.63, 3.8) is 0 Å². The van der Waals surface area contributed by atoms with Gasteiger partial charge in [-0.15, -0.1) is 0 Å². The summed E-state index contributed by atoms with van der Waals surface area (Å²) in [7, 11) is 0. The Kier molecular flexibility index (Phi) is 11.1. The molecule has 1 atom stereocenters. The molecule has 0 saturated heterocycles. The van der Waals surface area contributed by atoms with Gasteiger partial charge in [0.1, 0.15) is 6.10 Å². The van der Waals surface area contributed by atoms with Crippen molar-refractivity contribution in [2.24, 2.45) is 0 Å². The predicted octanol–water partition coefficient (Wildman–Crippen LogP) is 2.49. The Morgan fingerprint density at radius 1 is 1.27 bits per heavy atom. The molecule has 15 heavy (non-hydrogen) atoms. The number of unbranched alkanes of at least 4 members (excludes halogenated alkanes) is 4. The van der Waals surface area contributed by atoms with E-state index in [2.05, 4.69) is 13.5 Å². The molecule has 1 N–H and O–H groups in total. The Bertz CT molecular complexity index is 137. The highest BCUT2D eigenvalue weighted by Gasteiger charge is 2.05. The predicted molar refractivity (Wildman–Crippen MR) is 61.7 cm³/mol. The van der Waals surface area contributed by atoms with Gasteiger partial charge in [-0.1, -0.05) is 39.2 Å². The average Bonchev–Trinajstić information content (AvgIpc) is 2.26. The van der Waals surface area contributed by atoms with E-state index in [1.165, 1.54) is 31.9 Å². The first kappa shape index (κ1) is 14.5. The van der Waals surface area contributed by atoms with Crippen LogP contribution in [0.1, 0.15) is 39.0 Å². The van der Waals surface area contributed by atoms with Crippen molar-refractivity contribution in [2.75, 3.05) is 19.8 Å². The van der Waals surface area contributed by atoms with Gasteiger partial charge >= 0.3 is 0 Å². The lowest BCUT2D eigenvalue weighted by atomic mass is 10.2. The molecule has 0 aliphatic rings.